The van der Waals surface area contributed by atoms with Crippen LogP contribution in [0.15, 0.2) is 54.6 Å². The molecular weight excluding hydrogens is 331 g/mol. The van der Waals surface area contributed by atoms with Crippen LogP contribution in [0.4, 0.5) is 15.9 Å². The lowest BCUT2D eigenvalue weighted by molar-refractivity contribution is 0.0945. The van der Waals surface area contributed by atoms with E-state index in [0.29, 0.717) is 18.2 Å². The average Bonchev–Trinajstić information content (AvgIpc) is 2.62. The van der Waals surface area contributed by atoms with Gasteiger partial charge in [0.05, 0.1) is 5.69 Å². The highest BCUT2D eigenvalue weighted by Gasteiger charge is 2.11. The van der Waals surface area contributed by atoms with Crippen LogP contribution in [0.5, 0.6) is 0 Å². The second-order valence-electron chi connectivity index (χ2n) is 5.96. The first-order chi connectivity index (χ1) is 12.5. The molecule has 0 unspecified atom stereocenters. The fourth-order valence-corrected chi connectivity index (χ4v) is 2.43. The minimum absolute atomic E-state index is 0.225. The van der Waals surface area contributed by atoms with Crippen molar-refractivity contribution >= 4 is 17.4 Å². The third-order valence-electron chi connectivity index (χ3n) is 3.78. The zero-order valence-corrected chi connectivity index (χ0v) is 14.6. The SMILES string of the molecule is Cc1ccc(CNC(=O)c2cc(Nc3ccccc3F)nc(C)n2)cc1. The molecule has 0 aliphatic carbocycles. The molecule has 3 aromatic rings. The highest BCUT2D eigenvalue weighted by molar-refractivity contribution is 5.93. The number of carbonyl (C=O) groups is 1. The van der Waals surface area contributed by atoms with E-state index < -0.39 is 5.82 Å². The first-order valence-corrected chi connectivity index (χ1v) is 8.22. The summed E-state index contributed by atoms with van der Waals surface area (Å²) in [7, 11) is 0. The van der Waals surface area contributed by atoms with E-state index >= 15 is 0 Å². The van der Waals surface area contributed by atoms with Crippen molar-refractivity contribution in [2.24, 2.45) is 0 Å². The highest BCUT2D eigenvalue weighted by atomic mass is 19.1. The Morgan fingerprint density at radius 2 is 1.77 bits per heavy atom. The Morgan fingerprint density at radius 1 is 1.04 bits per heavy atom. The molecule has 3 rings (SSSR count). The summed E-state index contributed by atoms with van der Waals surface area (Å²) in [5, 5.41) is 5.72. The van der Waals surface area contributed by atoms with E-state index in [1.807, 2.05) is 31.2 Å². The Hall–Kier alpha value is -3.28. The minimum atomic E-state index is -0.394. The average molecular weight is 350 g/mol. The van der Waals surface area contributed by atoms with Crippen LogP contribution in [0.25, 0.3) is 0 Å². The van der Waals surface area contributed by atoms with Crippen molar-refractivity contribution in [1.82, 2.24) is 15.3 Å². The second-order valence-corrected chi connectivity index (χ2v) is 5.96. The number of hydrogen-bond donors (Lipinski definition) is 2. The predicted octanol–water partition coefficient (Wildman–Crippen LogP) is 3.91. The molecule has 132 valence electrons. The lowest BCUT2D eigenvalue weighted by Crippen LogP contribution is -2.24. The van der Waals surface area contributed by atoms with Gasteiger partial charge in [-0.3, -0.25) is 4.79 Å². The molecule has 1 aromatic heterocycles. The number of carbonyl (C=O) groups excluding carboxylic acids is 1. The number of amides is 1. The molecule has 5 nitrogen and oxygen atoms in total. The van der Waals surface area contributed by atoms with Gasteiger partial charge in [0.1, 0.15) is 23.2 Å². The number of benzene rings is 2. The molecule has 0 saturated heterocycles. The van der Waals surface area contributed by atoms with Gasteiger partial charge in [-0.25, -0.2) is 14.4 Å². The van der Waals surface area contributed by atoms with E-state index in [1.54, 1.807) is 25.1 Å². The second kappa shape index (κ2) is 7.74. The number of nitrogens with one attached hydrogen (secondary N) is 2. The number of halogens is 1. The third-order valence-corrected chi connectivity index (χ3v) is 3.78. The standard InChI is InChI=1S/C20H19FN4O/c1-13-7-9-15(10-8-13)12-22-20(26)18-11-19(24-14(2)23-18)25-17-6-4-3-5-16(17)21/h3-11H,12H2,1-2H3,(H,22,26)(H,23,24,25). The summed E-state index contributed by atoms with van der Waals surface area (Å²) in [5.74, 6) is 0.0803. The third kappa shape index (κ3) is 4.42. The fraction of sp³-hybridized carbons (Fsp3) is 0.150. The molecule has 0 aliphatic rings. The predicted molar refractivity (Wildman–Crippen MR) is 98.8 cm³/mol. The number of para-hydroxylation sites is 1. The topological polar surface area (TPSA) is 66.9 Å². The van der Waals surface area contributed by atoms with E-state index in [0.717, 1.165) is 11.1 Å². The molecule has 6 heteroatoms. The van der Waals surface area contributed by atoms with Crippen molar-refractivity contribution in [3.8, 4) is 0 Å². The van der Waals surface area contributed by atoms with Crippen LogP contribution in [-0.4, -0.2) is 15.9 Å². The van der Waals surface area contributed by atoms with Crippen LogP contribution in [-0.2, 0) is 6.54 Å². The molecule has 2 aromatic carbocycles. The van der Waals surface area contributed by atoms with Crippen molar-refractivity contribution in [2.45, 2.75) is 20.4 Å². The van der Waals surface area contributed by atoms with Crippen LogP contribution in [0.1, 0.15) is 27.4 Å². The van der Waals surface area contributed by atoms with Crippen LogP contribution < -0.4 is 10.6 Å². The van der Waals surface area contributed by atoms with Crippen molar-refractivity contribution in [1.29, 1.82) is 0 Å². The summed E-state index contributed by atoms with van der Waals surface area (Å²) in [5.41, 5.74) is 2.68. The van der Waals surface area contributed by atoms with Crippen LogP contribution >= 0.6 is 0 Å². The molecule has 1 heterocycles. The molecule has 0 spiro atoms. The number of hydrogen-bond acceptors (Lipinski definition) is 4. The van der Waals surface area contributed by atoms with Gasteiger partial charge in [-0.2, -0.15) is 0 Å². The molecule has 26 heavy (non-hydrogen) atoms. The van der Waals surface area contributed by atoms with Gasteiger partial charge in [0.2, 0.25) is 0 Å². The Labute approximate surface area is 151 Å². The number of nitrogens with zero attached hydrogens (tertiary/aromatic N) is 2. The zero-order valence-electron chi connectivity index (χ0n) is 14.6. The van der Waals surface area contributed by atoms with Gasteiger partial charge in [-0.05, 0) is 31.5 Å². The maximum Gasteiger partial charge on any atom is 0.270 e. The zero-order chi connectivity index (χ0) is 18.5. The molecular formula is C20H19FN4O. The number of aryl methyl sites for hydroxylation is 2. The summed E-state index contributed by atoms with van der Waals surface area (Å²) in [4.78, 5) is 20.8. The van der Waals surface area contributed by atoms with Gasteiger partial charge in [-0.15, -0.1) is 0 Å². The summed E-state index contributed by atoms with van der Waals surface area (Å²) < 4.78 is 13.8. The highest BCUT2D eigenvalue weighted by Crippen LogP contribution is 2.18. The largest absolute Gasteiger partial charge is 0.347 e. The van der Waals surface area contributed by atoms with E-state index in [1.165, 1.54) is 12.1 Å². The van der Waals surface area contributed by atoms with E-state index in [2.05, 4.69) is 20.6 Å². The number of anilines is 2. The van der Waals surface area contributed by atoms with Gasteiger partial charge in [-0.1, -0.05) is 42.0 Å². The van der Waals surface area contributed by atoms with E-state index in [4.69, 9.17) is 0 Å². The van der Waals surface area contributed by atoms with Crippen LogP contribution in [0, 0.1) is 19.7 Å². The van der Waals surface area contributed by atoms with Gasteiger partial charge in [0, 0.05) is 12.6 Å². The van der Waals surface area contributed by atoms with Crippen molar-refractivity contribution in [2.75, 3.05) is 5.32 Å². The smallest absolute Gasteiger partial charge is 0.270 e. The van der Waals surface area contributed by atoms with Crippen LogP contribution in [0.3, 0.4) is 0 Å². The van der Waals surface area contributed by atoms with Crippen molar-refractivity contribution in [3.05, 3.63) is 83.1 Å². The Morgan fingerprint density at radius 3 is 2.50 bits per heavy atom. The molecule has 1 amide bonds. The van der Waals surface area contributed by atoms with Gasteiger partial charge >= 0.3 is 0 Å². The molecule has 0 radical (unpaired) electrons. The van der Waals surface area contributed by atoms with Crippen molar-refractivity contribution in [3.63, 3.8) is 0 Å². The fourth-order valence-electron chi connectivity index (χ4n) is 2.43. The summed E-state index contributed by atoms with van der Waals surface area (Å²) in [6.07, 6.45) is 0. The van der Waals surface area contributed by atoms with E-state index in [-0.39, 0.29) is 17.3 Å². The number of rotatable bonds is 5. The van der Waals surface area contributed by atoms with Crippen LogP contribution in [0.2, 0.25) is 0 Å². The van der Waals surface area contributed by atoms with Gasteiger partial charge in [0.25, 0.3) is 5.91 Å². The molecule has 0 aliphatic heterocycles. The summed E-state index contributed by atoms with van der Waals surface area (Å²) >= 11 is 0. The lowest BCUT2D eigenvalue weighted by Gasteiger charge is -2.10. The summed E-state index contributed by atoms with van der Waals surface area (Å²) in [6, 6.07) is 15.7. The Balaban J connectivity index is 1.73. The molecule has 0 saturated carbocycles. The summed E-state index contributed by atoms with van der Waals surface area (Å²) in [6.45, 7) is 4.09. The first kappa shape index (κ1) is 17.5. The molecule has 0 bridgehead atoms. The molecule has 2 N–H and O–H groups in total. The molecule has 0 atom stereocenters. The van der Waals surface area contributed by atoms with Crippen molar-refractivity contribution < 1.29 is 9.18 Å². The molecule has 0 fully saturated rings. The van der Waals surface area contributed by atoms with Gasteiger partial charge in [0.15, 0.2) is 0 Å². The Kier molecular flexibility index (Phi) is 5.22. The quantitative estimate of drug-likeness (QED) is 0.732. The van der Waals surface area contributed by atoms with E-state index in [9.17, 15) is 9.18 Å². The van der Waals surface area contributed by atoms with Gasteiger partial charge < -0.3 is 10.6 Å². The lowest BCUT2D eigenvalue weighted by atomic mass is 10.1. The minimum Gasteiger partial charge on any atom is -0.347 e. The monoisotopic (exact) mass is 350 g/mol. The normalized spacial score (nSPS) is 10.4. The maximum absolute atomic E-state index is 13.8. The Bertz CT molecular complexity index is 925. The first-order valence-electron chi connectivity index (χ1n) is 8.22. The maximum atomic E-state index is 13.8. The number of aromatic nitrogens is 2.